The van der Waals surface area contributed by atoms with Crippen molar-refractivity contribution in [2.45, 2.75) is 25.0 Å². The Labute approximate surface area is 172 Å². The van der Waals surface area contributed by atoms with Gasteiger partial charge < -0.3 is 38.3 Å². The lowest BCUT2D eigenvalue weighted by Gasteiger charge is -2.56. The number of ether oxygens (including phenoxy) is 1. The Hall–Kier alpha value is -1.18. The highest BCUT2D eigenvalue weighted by molar-refractivity contribution is 5.83. The largest absolute Gasteiger partial charge is 1.00 e. The predicted molar refractivity (Wildman–Crippen MR) is 99.4 cm³/mol. The molecule has 4 heterocycles. The van der Waals surface area contributed by atoms with E-state index in [1.165, 1.54) is 6.42 Å². The van der Waals surface area contributed by atoms with Gasteiger partial charge in [0.05, 0.1) is 32.8 Å². The minimum Gasteiger partial charge on any atom is -1.00 e. The number of methoxy groups -OCH3 is 1. The van der Waals surface area contributed by atoms with E-state index in [0.717, 1.165) is 46.2 Å². The fraction of sp³-hybridized carbons (Fsp3) is 0.476. The Morgan fingerprint density at radius 2 is 2.19 bits per heavy atom. The maximum Gasteiger partial charge on any atom is 0.131 e. The number of nitrogens with zero attached hydrogens (tertiary/aromatic N) is 2. The van der Waals surface area contributed by atoms with E-state index >= 15 is 0 Å². The summed E-state index contributed by atoms with van der Waals surface area (Å²) in [7, 11) is 3.96. The number of aromatic nitrogens is 1. The quantitative estimate of drug-likeness (QED) is 0.401. The van der Waals surface area contributed by atoms with Gasteiger partial charge in [0, 0.05) is 30.3 Å². The molecule has 2 bridgehead atoms. The van der Waals surface area contributed by atoms with Gasteiger partial charge in [-0.25, -0.2) is 0 Å². The second kappa shape index (κ2) is 7.44. The molecule has 5 heteroatoms. The van der Waals surface area contributed by atoms with E-state index < -0.39 is 6.10 Å². The van der Waals surface area contributed by atoms with Gasteiger partial charge in [-0.1, -0.05) is 6.08 Å². The molecule has 0 spiro atoms. The lowest BCUT2D eigenvalue weighted by atomic mass is 9.72. The molecular formula is C21H27IN2O2. The average molecular weight is 466 g/mol. The highest BCUT2D eigenvalue weighted by atomic mass is 127. The Morgan fingerprint density at radius 3 is 2.88 bits per heavy atom. The van der Waals surface area contributed by atoms with E-state index in [4.69, 9.17) is 4.74 Å². The molecule has 4 nitrogen and oxygen atoms in total. The summed E-state index contributed by atoms with van der Waals surface area (Å²) in [5.41, 5.74) is 1.87. The van der Waals surface area contributed by atoms with Crippen LogP contribution in [0.25, 0.3) is 10.9 Å². The summed E-state index contributed by atoms with van der Waals surface area (Å²) in [5, 5.41) is 12.3. The molecule has 1 aromatic heterocycles. The molecule has 2 aromatic rings. The third-order valence-electron chi connectivity index (χ3n) is 6.56. The zero-order valence-electron chi connectivity index (χ0n) is 15.4. The van der Waals surface area contributed by atoms with Gasteiger partial charge in [-0.15, -0.1) is 6.58 Å². The van der Waals surface area contributed by atoms with Crippen LogP contribution in [0.15, 0.2) is 43.1 Å². The predicted octanol–water partition coefficient (Wildman–Crippen LogP) is 0.322. The van der Waals surface area contributed by atoms with Crippen molar-refractivity contribution >= 4 is 10.9 Å². The molecule has 3 aliphatic heterocycles. The molecule has 1 N–H and O–H groups in total. The van der Waals surface area contributed by atoms with E-state index in [1.54, 1.807) is 13.3 Å². The molecule has 3 fully saturated rings. The number of halogens is 1. The summed E-state index contributed by atoms with van der Waals surface area (Å²) < 4.78 is 6.31. The number of quaternary nitrogens is 1. The van der Waals surface area contributed by atoms with Crippen LogP contribution in [0.1, 0.15) is 24.5 Å². The zero-order chi connectivity index (χ0) is 17.6. The van der Waals surface area contributed by atoms with Gasteiger partial charge in [0.2, 0.25) is 0 Å². The summed E-state index contributed by atoms with van der Waals surface area (Å²) in [6.45, 7) is 6.26. The van der Waals surface area contributed by atoms with Crippen LogP contribution in [0.2, 0.25) is 0 Å². The smallest absolute Gasteiger partial charge is 0.131 e. The lowest BCUT2D eigenvalue weighted by molar-refractivity contribution is -0.956. The maximum absolute atomic E-state index is 11.3. The lowest BCUT2D eigenvalue weighted by Crippen LogP contribution is -3.00. The maximum atomic E-state index is 11.3. The number of piperidine rings is 3. The minimum atomic E-state index is -0.490. The molecule has 26 heavy (non-hydrogen) atoms. The first-order valence-electron chi connectivity index (χ1n) is 9.13. The van der Waals surface area contributed by atoms with Crippen LogP contribution in [0.3, 0.4) is 0 Å². The van der Waals surface area contributed by atoms with Crippen LogP contribution in [0, 0.1) is 11.8 Å². The Morgan fingerprint density at radius 1 is 1.38 bits per heavy atom. The number of aliphatic hydroxyl groups excluding tert-OH is 1. The number of hydrogen-bond donors (Lipinski definition) is 1. The second-order valence-electron chi connectivity index (χ2n) is 7.87. The molecule has 3 aliphatic rings. The fourth-order valence-electron chi connectivity index (χ4n) is 5.03. The normalized spacial score (nSPS) is 31.3. The first-order chi connectivity index (χ1) is 12.1. The number of benzene rings is 1. The number of pyridine rings is 1. The van der Waals surface area contributed by atoms with Crippen LogP contribution in [-0.2, 0) is 0 Å². The van der Waals surface area contributed by atoms with Crippen LogP contribution < -0.4 is 28.7 Å². The van der Waals surface area contributed by atoms with Crippen LogP contribution >= 0.6 is 0 Å². The molecule has 3 saturated heterocycles. The molecule has 5 atom stereocenters. The van der Waals surface area contributed by atoms with Crippen molar-refractivity contribution in [3.63, 3.8) is 0 Å². The molecule has 0 radical (unpaired) electrons. The van der Waals surface area contributed by atoms with Crippen molar-refractivity contribution in [2.75, 3.05) is 27.2 Å². The summed E-state index contributed by atoms with van der Waals surface area (Å²) in [6.07, 6.45) is 5.73. The van der Waals surface area contributed by atoms with Gasteiger partial charge in [0.1, 0.15) is 17.9 Å². The summed E-state index contributed by atoms with van der Waals surface area (Å²) in [5.74, 6) is 2.03. The molecule has 4 unspecified atom stereocenters. The van der Waals surface area contributed by atoms with Crippen molar-refractivity contribution < 1.29 is 38.3 Å². The van der Waals surface area contributed by atoms with Gasteiger partial charge >= 0.3 is 0 Å². The summed E-state index contributed by atoms with van der Waals surface area (Å²) >= 11 is 0. The first kappa shape index (κ1) is 19.6. The van der Waals surface area contributed by atoms with E-state index in [2.05, 4.69) is 24.7 Å². The zero-order valence-corrected chi connectivity index (χ0v) is 17.6. The summed E-state index contributed by atoms with van der Waals surface area (Å²) in [6, 6.07) is 8.06. The van der Waals surface area contributed by atoms with Crippen LogP contribution in [0.5, 0.6) is 5.75 Å². The Balaban J connectivity index is 0.00000196. The summed E-state index contributed by atoms with van der Waals surface area (Å²) in [4.78, 5) is 4.45. The van der Waals surface area contributed by atoms with Gasteiger partial charge in [-0.2, -0.15) is 0 Å². The third-order valence-corrected chi connectivity index (χ3v) is 6.56. The van der Waals surface area contributed by atoms with Gasteiger partial charge in [0.25, 0.3) is 0 Å². The van der Waals surface area contributed by atoms with E-state index in [1.807, 2.05) is 24.3 Å². The Bertz CT molecular complexity index is 812. The van der Waals surface area contributed by atoms with Crippen LogP contribution in [0.4, 0.5) is 0 Å². The standard InChI is InChI=1S/C21H27N2O2.HI/c1-4-14-13-23(2)10-8-15(14)11-20(23)21(24)17-7-9-22-19-6-5-16(25-3)12-18(17)19;/h4-7,9,12,14-15,20-21,24H,1,8,10-11,13H2,2-3H3;1H/q+1;/p-1/t14?,15?,20?,21-,23?;/m0./s1. The van der Waals surface area contributed by atoms with Crippen molar-refractivity contribution in [3.05, 3.63) is 48.7 Å². The molecule has 5 rings (SSSR count). The molecule has 0 saturated carbocycles. The highest BCUT2D eigenvalue weighted by Crippen LogP contribution is 2.45. The molecule has 0 aliphatic carbocycles. The number of likely N-dealkylation sites (N-methyl/N-ethyl adjacent to an activating group) is 1. The van der Waals surface area contributed by atoms with Gasteiger partial charge in [-0.05, 0) is 35.7 Å². The van der Waals surface area contributed by atoms with Gasteiger partial charge in [0.15, 0.2) is 0 Å². The molecular weight excluding hydrogens is 439 g/mol. The number of rotatable bonds is 4. The topological polar surface area (TPSA) is 42.4 Å². The van der Waals surface area contributed by atoms with Crippen molar-refractivity contribution in [3.8, 4) is 5.75 Å². The monoisotopic (exact) mass is 466 g/mol. The average Bonchev–Trinajstić information content (AvgIpc) is 2.66. The van der Waals surface area contributed by atoms with Gasteiger partial charge in [-0.3, -0.25) is 4.98 Å². The SMILES string of the molecule is C=CC1C[N+]2(C)CCC1CC2[C@@H](O)c1ccnc2ccc(OC)cc12.[I-]. The Kier molecular flexibility index (Phi) is 5.61. The third kappa shape index (κ3) is 3.14. The number of hydrogen-bond acceptors (Lipinski definition) is 3. The van der Waals surface area contributed by atoms with E-state index in [-0.39, 0.29) is 30.0 Å². The van der Waals surface area contributed by atoms with Crippen molar-refractivity contribution in [1.29, 1.82) is 0 Å². The van der Waals surface area contributed by atoms with Crippen molar-refractivity contribution in [2.24, 2.45) is 11.8 Å². The van der Waals surface area contributed by atoms with E-state index in [0.29, 0.717) is 11.8 Å². The minimum absolute atomic E-state index is 0. The van der Waals surface area contributed by atoms with Crippen LogP contribution in [-0.4, -0.2) is 47.9 Å². The van der Waals surface area contributed by atoms with E-state index in [9.17, 15) is 5.11 Å². The first-order valence-corrected chi connectivity index (χ1v) is 9.13. The number of fused-ring (bicyclic) bond motifs is 4. The highest BCUT2D eigenvalue weighted by Gasteiger charge is 2.51. The molecule has 140 valence electrons. The molecule has 0 amide bonds. The van der Waals surface area contributed by atoms with Crippen molar-refractivity contribution in [1.82, 2.24) is 4.98 Å². The second-order valence-corrected chi connectivity index (χ2v) is 7.87. The fourth-order valence-corrected chi connectivity index (χ4v) is 5.03. The number of aliphatic hydroxyl groups is 1. The molecule has 1 aromatic carbocycles.